The number of benzene rings is 1. The first-order chi connectivity index (χ1) is 8.57. The van der Waals surface area contributed by atoms with Crippen LogP contribution < -0.4 is 5.32 Å². The molecule has 0 bridgehead atoms. The Morgan fingerprint density at radius 1 is 1.11 bits per heavy atom. The summed E-state index contributed by atoms with van der Waals surface area (Å²) in [6.07, 6.45) is 6.00. The Bertz CT molecular complexity index is 411. The summed E-state index contributed by atoms with van der Waals surface area (Å²) in [5.41, 5.74) is 0.984. The summed E-state index contributed by atoms with van der Waals surface area (Å²) in [5, 5.41) is 3.29. The van der Waals surface area contributed by atoms with Gasteiger partial charge in [-0.15, -0.1) is 0 Å². The van der Waals surface area contributed by atoms with Crippen LogP contribution in [0.15, 0.2) is 18.2 Å². The van der Waals surface area contributed by atoms with E-state index in [-0.39, 0.29) is 11.5 Å². The molecule has 1 atom stereocenters. The average Bonchev–Trinajstić information content (AvgIpc) is 2.35. The normalized spacial score (nSPS) is 20.7. The molecule has 1 fully saturated rings. The first-order valence-corrected chi connectivity index (χ1v) is 6.69. The first kappa shape index (κ1) is 13.5. The van der Waals surface area contributed by atoms with Gasteiger partial charge in [0.25, 0.3) is 0 Å². The Labute approximate surface area is 108 Å². The summed E-state index contributed by atoms with van der Waals surface area (Å²) in [7, 11) is 1.89. The van der Waals surface area contributed by atoms with E-state index in [4.69, 9.17) is 0 Å². The number of halogens is 2. The Hall–Kier alpha value is -0.960. The SMILES string of the molecule is CNC(c1ccc(F)c(F)c1)C1(C)CCCCC1. The predicted octanol–water partition coefficient (Wildman–Crippen LogP) is 4.20. The molecule has 0 saturated heterocycles. The second-order valence-corrected chi connectivity index (χ2v) is 5.61. The topological polar surface area (TPSA) is 12.0 Å². The van der Waals surface area contributed by atoms with Crippen LogP contribution in [0.3, 0.4) is 0 Å². The Balaban J connectivity index is 2.29. The first-order valence-electron chi connectivity index (χ1n) is 6.69. The van der Waals surface area contributed by atoms with E-state index in [9.17, 15) is 8.78 Å². The van der Waals surface area contributed by atoms with E-state index in [1.807, 2.05) is 7.05 Å². The van der Waals surface area contributed by atoms with E-state index in [2.05, 4.69) is 12.2 Å². The molecule has 18 heavy (non-hydrogen) atoms. The van der Waals surface area contributed by atoms with Crippen LogP contribution in [0.2, 0.25) is 0 Å². The van der Waals surface area contributed by atoms with Crippen molar-refractivity contribution < 1.29 is 8.78 Å². The van der Waals surface area contributed by atoms with Gasteiger partial charge in [0.1, 0.15) is 0 Å². The van der Waals surface area contributed by atoms with Gasteiger partial charge >= 0.3 is 0 Å². The fourth-order valence-electron chi connectivity index (χ4n) is 3.26. The maximum Gasteiger partial charge on any atom is 0.159 e. The highest BCUT2D eigenvalue weighted by molar-refractivity contribution is 5.23. The highest BCUT2D eigenvalue weighted by atomic mass is 19.2. The average molecular weight is 253 g/mol. The quantitative estimate of drug-likeness (QED) is 0.851. The van der Waals surface area contributed by atoms with Gasteiger partial charge in [-0.2, -0.15) is 0 Å². The van der Waals surface area contributed by atoms with E-state index in [1.165, 1.54) is 31.4 Å². The lowest BCUT2D eigenvalue weighted by Gasteiger charge is -2.41. The number of hydrogen-bond acceptors (Lipinski definition) is 1. The largest absolute Gasteiger partial charge is 0.313 e. The van der Waals surface area contributed by atoms with Crippen molar-refractivity contribution in [1.29, 1.82) is 0 Å². The van der Waals surface area contributed by atoms with Crippen LogP contribution in [0, 0.1) is 17.0 Å². The van der Waals surface area contributed by atoms with Gasteiger partial charge in [-0.3, -0.25) is 0 Å². The summed E-state index contributed by atoms with van der Waals surface area (Å²) in [5.74, 6) is -1.53. The zero-order valence-electron chi connectivity index (χ0n) is 11.1. The molecule has 100 valence electrons. The second-order valence-electron chi connectivity index (χ2n) is 5.61. The van der Waals surface area contributed by atoms with Crippen molar-refractivity contribution in [2.45, 2.75) is 45.1 Å². The molecule has 1 N–H and O–H groups in total. The smallest absolute Gasteiger partial charge is 0.159 e. The number of hydrogen-bond donors (Lipinski definition) is 1. The molecule has 1 aliphatic carbocycles. The minimum atomic E-state index is -0.776. The van der Waals surface area contributed by atoms with Gasteiger partial charge in [0, 0.05) is 6.04 Å². The molecule has 0 amide bonds. The van der Waals surface area contributed by atoms with Crippen molar-refractivity contribution in [2.24, 2.45) is 5.41 Å². The maximum atomic E-state index is 13.4. The van der Waals surface area contributed by atoms with Crippen LogP contribution in [-0.2, 0) is 0 Å². The molecule has 1 unspecified atom stereocenters. The third kappa shape index (κ3) is 2.56. The molecular formula is C15H21F2N. The summed E-state index contributed by atoms with van der Waals surface area (Å²) < 4.78 is 26.4. The van der Waals surface area contributed by atoms with E-state index < -0.39 is 11.6 Å². The third-order valence-electron chi connectivity index (χ3n) is 4.26. The summed E-state index contributed by atoms with van der Waals surface area (Å²) in [6.45, 7) is 2.24. The molecule has 0 radical (unpaired) electrons. The molecule has 0 aliphatic heterocycles. The lowest BCUT2D eigenvalue weighted by Crippen LogP contribution is -2.36. The Morgan fingerprint density at radius 2 is 1.78 bits per heavy atom. The lowest BCUT2D eigenvalue weighted by molar-refractivity contribution is 0.150. The Kier molecular flexibility index (Phi) is 4.00. The van der Waals surface area contributed by atoms with Crippen LogP contribution in [-0.4, -0.2) is 7.05 Å². The monoisotopic (exact) mass is 253 g/mol. The van der Waals surface area contributed by atoms with Crippen molar-refractivity contribution in [3.8, 4) is 0 Å². The highest BCUT2D eigenvalue weighted by Crippen LogP contribution is 2.45. The number of nitrogens with one attached hydrogen (secondary N) is 1. The van der Waals surface area contributed by atoms with Crippen molar-refractivity contribution in [3.63, 3.8) is 0 Å². The fourth-order valence-corrected chi connectivity index (χ4v) is 3.26. The molecule has 0 spiro atoms. The molecule has 1 aromatic carbocycles. The fraction of sp³-hybridized carbons (Fsp3) is 0.600. The van der Waals surface area contributed by atoms with E-state index in [1.54, 1.807) is 6.07 Å². The summed E-state index contributed by atoms with van der Waals surface area (Å²) >= 11 is 0. The molecule has 2 rings (SSSR count). The molecule has 1 aliphatic rings. The van der Waals surface area contributed by atoms with E-state index in [0.29, 0.717) is 0 Å². The minimum absolute atomic E-state index is 0.0906. The maximum absolute atomic E-state index is 13.4. The van der Waals surface area contributed by atoms with Crippen LogP contribution in [0.25, 0.3) is 0 Å². The lowest BCUT2D eigenvalue weighted by atomic mass is 9.68. The van der Waals surface area contributed by atoms with Gasteiger partial charge in [-0.1, -0.05) is 32.3 Å². The van der Waals surface area contributed by atoms with Gasteiger partial charge in [0.05, 0.1) is 0 Å². The highest BCUT2D eigenvalue weighted by Gasteiger charge is 2.35. The molecule has 1 nitrogen and oxygen atoms in total. The Morgan fingerprint density at radius 3 is 2.33 bits per heavy atom. The van der Waals surface area contributed by atoms with Crippen LogP contribution in [0.5, 0.6) is 0 Å². The van der Waals surface area contributed by atoms with Crippen LogP contribution in [0.1, 0.15) is 50.6 Å². The van der Waals surface area contributed by atoms with Crippen LogP contribution in [0.4, 0.5) is 8.78 Å². The second kappa shape index (κ2) is 5.35. The van der Waals surface area contributed by atoms with Crippen molar-refractivity contribution in [3.05, 3.63) is 35.4 Å². The van der Waals surface area contributed by atoms with Gasteiger partial charge in [-0.05, 0) is 43.0 Å². The molecular weight excluding hydrogens is 232 g/mol. The van der Waals surface area contributed by atoms with Gasteiger partial charge in [0.15, 0.2) is 11.6 Å². The van der Waals surface area contributed by atoms with Gasteiger partial charge in [-0.25, -0.2) is 8.78 Å². The summed E-state index contributed by atoms with van der Waals surface area (Å²) in [6, 6.07) is 4.34. The van der Waals surface area contributed by atoms with E-state index >= 15 is 0 Å². The number of rotatable bonds is 3. The standard InChI is InChI=1S/C15H21F2N/c1-15(8-4-3-5-9-15)14(18-2)11-6-7-12(16)13(17)10-11/h6-7,10,14,18H,3-5,8-9H2,1-2H3. The zero-order chi connectivity index (χ0) is 13.2. The third-order valence-corrected chi connectivity index (χ3v) is 4.26. The van der Waals surface area contributed by atoms with Crippen molar-refractivity contribution >= 4 is 0 Å². The summed E-state index contributed by atoms with van der Waals surface area (Å²) in [4.78, 5) is 0. The molecule has 1 aromatic rings. The van der Waals surface area contributed by atoms with Crippen molar-refractivity contribution in [2.75, 3.05) is 7.05 Å². The molecule has 1 saturated carbocycles. The molecule has 0 heterocycles. The predicted molar refractivity (Wildman–Crippen MR) is 69.4 cm³/mol. The minimum Gasteiger partial charge on any atom is -0.313 e. The van der Waals surface area contributed by atoms with E-state index in [0.717, 1.165) is 18.4 Å². The van der Waals surface area contributed by atoms with Crippen LogP contribution >= 0.6 is 0 Å². The van der Waals surface area contributed by atoms with Crippen molar-refractivity contribution in [1.82, 2.24) is 5.32 Å². The zero-order valence-corrected chi connectivity index (χ0v) is 11.1. The van der Waals surface area contributed by atoms with Gasteiger partial charge in [0.2, 0.25) is 0 Å². The van der Waals surface area contributed by atoms with Gasteiger partial charge < -0.3 is 5.32 Å². The molecule has 3 heteroatoms. The molecule has 0 aromatic heterocycles.